The molecule has 2 amide bonds. The van der Waals surface area contributed by atoms with Crippen LogP contribution in [0.3, 0.4) is 0 Å². The molecule has 0 spiro atoms. The lowest BCUT2D eigenvalue weighted by Gasteiger charge is -2.43. The minimum atomic E-state index is -0.492. The molecule has 1 saturated heterocycles. The van der Waals surface area contributed by atoms with Crippen molar-refractivity contribution in [3.8, 4) is 0 Å². The van der Waals surface area contributed by atoms with Crippen molar-refractivity contribution in [2.24, 2.45) is 11.8 Å². The zero-order valence-electron chi connectivity index (χ0n) is 20.9. The van der Waals surface area contributed by atoms with Crippen molar-refractivity contribution >= 4 is 23.3 Å². The van der Waals surface area contributed by atoms with Gasteiger partial charge in [-0.25, -0.2) is 4.98 Å². The number of rotatable bonds is 8. The largest absolute Gasteiger partial charge is 0.342 e. The summed E-state index contributed by atoms with van der Waals surface area (Å²) in [6.07, 6.45) is 8.27. The van der Waals surface area contributed by atoms with Gasteiger partial charge in [0, 0.05) is 24.6 Å². The summed E-state index contributed by atoms with van der Waals surface area (Å²) in [7, 11) is 0. The van der Waals surface area contributed by atoms with E-state index in [9.17, 15) is 9.59 Å². The lowest BCUT2D eigenvalue weighted by atomic mass is 9.86. The average molecular weight is 484 g/mol. The van der Waals surface area contributed by atoms with Crippen LogP contribution in [-0.4, -0.2) is 38.8 Å². The molecular formula is C29H33N5O2. The molecule has 2 heterocycles. The topological polar surface area (TPSA) is 87.2 Å². The van der Waals surface area contributed by atoms with Crippen molar-refractivity contribution in [3.63, 3.8) is 0 Å². The fourth-order valence-electron chi connectivity index (χ4n) is 5.69. The maximum Gasteiger partial charge on any atom is 0.246 e. The summed E-state index contributed by atoms with van der Waals surface area (Å²) in [6, 6.07) is 15.3. The summed E-state index contributed by atoms with van der Waals surface area (Å²) in [6.45, 7) is 4.60. The molecule has 2 aliphatic rings. The van der Waals surface area contributed by atoms with Gasteiger partial charge in [0.1, 0.15) is 17.9 Å². The van der Waals surface area contributed by atoms with Gasteiger partial charge in [-0.2, -0.15) is 0 Å². The lowest BCUT2D eigenvalue weighted by molar-refractivity contribution is -0.154. The number of nitrogens with zero attached hydrogens (tertiary/aromatic N) is 3. The van der Waals surface area contributed by atoms with Gasteiger partial charge < -0.3 is 15.5 Å². The van der Waals surface area contributed by atoms with E-state index in [1.807, 2.05) is 41.3 Å². The van der Waals surface area contributed by atoms with Gasteiger partial charge in [-0.1, -0.05) is 63.1 Å². The number of carbonyl (C=O) groups excluding carboxylic acids is 2. The zero-order chi connectivity index (χ0) is 25.1. The fourth-order valence-corrected chi connectivity index (χ4v) is 5.69. The Morgan fingerprint density at radius 1 is 1.00 bits per heavy atom. The Morgan fingerprint density at radius 2 is 1.69 bits per heavy atom. The van der Waals surface area contributed by atoms with E-state index in [1.54, 1.807) is 18.6 Å². The van der Waals surface area contributed by atoms with Gasteiger partial charge >= 0.3 is 0 Å². The van der Waals surface area contributed by atoms with Crippen LogP contribution < -0.4 is 10.6 Å². The molecule has 7 heteroatoms. The minimum Gasteiger partial charge on any atom is -0.342 e. The molecule has 5 rings (SSSR count). The van der Waals surface area contributed by atoms with E-state index in [-0.39, 0.29) is 23.7 Å². The first-order chi connectivity index (χ1) is 17.6. The highest BCUT2D eigenvalue weighted by Gasteiger charge is 2.46. The van der Waals surface area contributed by atoms with Gasteiger partial charge in [0.2, 0.25) is 11.8 Å². The maximum atomic E-state index is 14.0. The highest BCUT2D eigenvalue weighted by atomic mass is 16.2. The number of benzene rings is 2. The molecular weight excluding hydrogens is 450 g/mol. The summed E-state index contributed by atoms with van der Waals surface area (Å²) < 4.78 is 0. The van der Waals surface area contributed by atoms with Gasteiger partial charge in [0.15, 0.2) is 0 Å². The third-order valence-electron chi connectivity index (χ3n) is 7.64. The molecule has 186 valence electrons. The molecule has 0 bridgehead atoms. The van der Waals surface area contributed by atoms with E-state index >= 15 is 0 Å². The smallest absolute Gasteiger partial charge is 0.246 e. The van der Waals surface area contributed by atoms with Gasteiger partial charge in [0.25, 0.3) is 0 Å². The number of carbonyl (C=O) groups is 2. The molecule has 0 radical (unpaired) electrons. The second kappa shape index (κ2) is 10.5. The number of amides is 2. The van der Waals surface area contributed by atoms with E-state index in [4.69, 9.17) is 0 Å². The molecule has 7 nitrogen and oxygen atoms in total. The normalized spacial score (nSPS) is 19.9. The van der Waals surface area contributed by atoms with Crippen molar-refractivity contribution in [2.45, 2.75) is 58.2 Å². The van der Waals surface area contributed by atoms with Crippen molar-refractivity contribution in [1.29, 1.82) is 0 Å². The lowest BCUT2D eigenvalue weighted by Crippen LogP contribution is -2.66. The predicted octanol–water partition coefficient (Wildman–Crippen LogP) is 4.27. The SMILES string of the molecule is CCC(CC)[C@@H]1C(=O)N[C@H](C2Cc3ccccc3C2)C(=O)N1Cc1ccc(Nc2cnccn2)cc1. The second-order valence-electron chi connectivity index (χ2n) is 9.82. The second-order valence-corrected chi connectivity index (χ2v) is 9.82. The summed E-state index contributed by atoms with van der Waals surface area (Å²) in [5, 5.41) is 6.37. The average Bonchev–Trinajstić information content (AvgIpc) is 3.34. The number of fused-ring (bicyclic) bond motifs is 1. The van der Waals surface area contributed by atoms with Crippen LogP contribution in [0.15, 0.2) is 67.1 Å². The predicted molar refractivity (Wildman–Crippen MR) is 139 cm³/mol. The molecule has 3 aromatic rings. The van der Waals surface area contributed by atoms with E-state index < -0.39 is 12.1 Å². The number of hydrogen-bond donors (Lipinski definition) is 2. The summed E-state index contributed by atoms with van der Waals surface area (Å²) in [5.74, 6) is 0.884. The van der Waals surface area contributed by atoms with Crippen LogP contribution in [-0.2, 0) is 29.0 Å². The summed E-state index contributed by atoms with van der Waals surface area (Å²) in [5.41, 5.74) is 4.45. The van der Waals surface area contributed by atoms with Gasteiger partial charge in [-0.3, -0.25) is 14.6 Å². The van der Waals surface area contributed by atoms with Gasteiger partial charge in [-0.05, 0) is 53.5 Å². The quantitative estimate of drug-likeness (QED) is 0.500. The van der Waals surface area contributed by atoms with Gasteiger partial charge in [0.05, 0.1) is 6.20 Å². The molecule has 1 aliphatic carbocycles. The van der Waals surface area contributed by atoms with E-state index in [1.165, 1.54) is 11.1 Å². The molecule has 1 aliphatic heterocycles. The van der Waals surface area contributed by atoms with E-state index in [0.717, 1.165) is 36.9 Å². The third kappa shape index (κ3) is 4.83. The van der Waals surface area contributed by atoms with Crippen LogP contribution in [0.25, 0.3) is 0 Å². The summed E-state index contributed by atoms with van der Waals surface area (Å²) in [4.78, 5) is 37.6. The standard InChI is InChI=1S/C29H33N5O2/c1-3-20(4-2)27-28(35)33-26(23-15-21-7-5-6-8-22(21)16-23)29(36)34(27)18-19-9-11-24(12-10-19)32-25-17-30-13-14-31-25/h5-14,17,20,23,26-27H,3-4,15-16,18H2,1-2H3,(H,31,32)(H,33,35)/t26-,27-/m1/s1. The monoisotopic (exact) mass is 483 g/mol. The maximum absolute atomic E-state index is 14.0. The molecule has 1 aromatic heterocycles. The minimum absolute atomic E-state index is 0.0230. The van der Waals surface area contributed by atoms with Crippen LogP contribution in [0, 0.1) is 11.8 Å². The Balaban J connectivity index is 1.37. The number of anilines is 2. The number of nitrogens with one attached hydrogen (secondary N) is 2. The first kappa shape index (κ1) is 24.0. The van der Waals surface area contributed by atoms with Crippen molar-refractivity contribution < 1.29 is 9.59 Å². The Morgan fingerprint density at radius 3 is 2.31 bits per heavy atom. The molecule has 2 N–H and O–H groups in total. The van der Waals surface area contributed by atoms with E-state index in [2.05, 4.69) is 46.6 Å². The Bertz CT molecular complexity index is 1180. The highest BCUT2D eigenvalue weighted by molar-refractivity contribution is 5.97. The Kier molecular flexibility index (Phi) is 6.98. The van der Waals surface area contributed by atoms with E-state index in [0.29, 0.717) is 12.4 Å². The van der Waals surface area contributed by atoms with Crippen molar-refractivity contribution in [2.75, 3.05) is 5.32 Å². The highest BCUT2D eigenvalue weighted by Crippen LogP contribution is 2.33. The fraction of sp³-hybridized carbons (Fsp3) is 0.379. The van der Waals surface area contributed by atoms with Gasteiger partial charge in [-0.15, -0.1) is 0 Å². The molecule has 1 fully saturated rings. The van der Waals surface area contributed by atoms with Crippen molar-refractivity contribution in [3.05, 3.63) is 83.8 Å². The molecule has 0 saturated carbocycles. The van der Waals surface area contributed by atoms with Crippen molar-refractivity contribution in [1.82, 2.24) is 20.2 Å². The first-order valence-corrected chi connectivity index (χ1v) is 12.9. The van der Waals surface area contributed by atoms with Crippen LogP contribution in [0.1, 0.15) is 43.4 Å². The molecule has 0 unspecified atom stereocenters. The Hall–Kier alpha value is -3.74. The number of aromatic nitrogens is 2. The number of hydrogen-bond acceptors (Lipinski definition) is 5. The van der Waals surface area contributed by atoms with Crippen LogP contribution >= 0.6 is 0 Å². The molecule has 2 aromatic carbocycles. The molecule has 2 atom stereocenters. The Labute approximate surface area is 212 Å². The number of piperazine rings is 1. The first-order valence-electron chi connectivity index (χ1n) is 12.9. The van der Waals surface area contributed by atoms with Crippen LogP contribution in [0.4, 0.5) is 11.5 Å². The van der Waals surface area contributed by atoms with Crippen LogP contribution in [0.5, 0.6) is 0 Å². The molecule has 36 heavy (non-hydrogen) atoms. The zero-order valence-corrected chi connectivity index (χ0v) is 20.9. The summed E-state index contributed by atoms with van der Waals surface area (Å²) >= 11 is 0. The van der Waals surface area contributed by atoms with Crippen LogP contribution in [0.2, 0.25) is 0 Å². The third-order valence-corrected chi connectivity index (χ3v) is 7.64.